The Balaban J connectivity index is 1.92. The van der Waals surface area contributed by atoms with E-state index in [2.05, 4.69) is 11.9 Å². The number of rotatable bonds is 9. The van der Waals surface area contributed by atoms with Crippen LogP contribution in [0.3, 0.4) is 0 Å². The number of thiazole rings is 1. The molecule has 0 aliphatic rings. The van der Waals surface area contributed by atoms with Crippen LogP contribution >= 0.6 is 11.3 Å². The Morgan fingerprint density at radius 2 is 1.94 bits per heavy atom. The molecular weight excluding hydrogens is 412 g/mol. The Morgan fingerprint density at radius 1 is 1.10 bits per heavy atom. The maximum absolute atomic E-state index is 12.9. The number of unbranched alkanes of at least 4 members (excludes halogenated alkanes) is 2. The van der Waals surface area contributed by atoms with Crippen LogP contribution in [0.15, 0.2) is 47.5 Å². The smallest absolute Gasteiger partial charge is 0.326 e. The lowest BCUT2D eigenvalue weighted by molar-refractivity contribution is -0.143. The van der Waals surface area contributed by atoms with Crippen LogP contribution in [-0.4, -0.2) is 29.7 Å². The van der Waals surface area contributed by atoms with Crippen LogP contribution in [0.5, 0.6) is 5.75 Å². The van der Waals surface area contributed by atoms with Gasteiger partial charge in [0, 0.05) is 5.56 Å². The third kappa shape index (κ3) is 6.04. The van der Waals surface area contributed by atoms with Gasteiger partial charge in [0.25, 0.3) is 5.91 Å². The summed E-state index contributed by atoms with van der Waals surface area (Å²) in [5.41, 5.74) is 2.40. The molecule has 3 rings (SSSR count). The van der Waals surface area contributed by atoms with Gasteiger partial charge in [-0.15, -0.1) is 0 Å². The molecular formula is C24H28N2O4S. The number of carbonyl (C=O) groups excluding carboxylic acids is 2. The van der Waals surface area contributed by atoms with Crippen molar-refractivity contribution in [1.29, 1.82) is 0 Å². The molecule has 2 aromatic carbocycles. The first kappa shape index (κ1) is 22.7. The molecule has 0 spiro atoms. The number of aromatic nitrogens is 1. The molecule has 0 fully saturated rings. The quantitative estimate of drug-likeness (QED) is 0.351. The van der Waals surface area contributed by atoms with Gasteiger partial charge in [-0.2, -0.15) is 4.99 Å². The number of fused-ring (bicyclic) bond motifs is 1. The molecule has 1 heterocycles. The third-order valence-electron chi connectivity index (χ3n) is 4.73. The number of esters is 1. The molecule has 6 nitrogen and oxygen atoms in total. The summed E-state index contributed by atoms with van der Waals surface area (Å²) in [7, 11) is 0. The van der Waals surface area contributed by atoms with Gasteiger partial charge in [-0.25, -0.2) is 0 Å². The molecule has 0 radical (unpaired) electrons. The van der Waals surface area contributed by atoms with E-state index in [0.29, 0.717) is 29.3 Å². The molecule has 164 valence electrons. The zero-order chi connectivity index (χ0) is 22.2. The summed E-state index contributed by atoms with van der Waals surface area (Å²) in [5.74, 6) is -0.0810. The Hall–Kier alpha value is -2.93. The lowest BCUT2D eigenvalue weighted by atomic mass is 10.2. The summed E-state index contributed by atoms with van der Waals surface area (Å²) in [6.45, 7) is 6.84. The number of aryl methyl sites for hydroxylation is 1. The topological polar surface area (TPSA) is 69.9 Å². The van der Waals surface area contributed by atoms with Crippen molar-refractivity contribution in [1.82, 2.24) is 4.57 Å². The summed E-state index contributed by atoms with van der Waals surface area (Å²) in [4.78, 5) is 29.8. The SMILES string of the molecule is CCCCCOc1cccc(C(=O)N=c2sc3cc(C)ccc3n2CC(=O)OCC)c1. The Labute approximate surface area is 186 Å². The Bertz CT molecular complexity index is 1130. The second-order valence-electron chi connectivity index (χ2n) is 7.25. The molecule has 0 unspecified atom stereocenters. The van der Waals surface area contributed by atoms with E-state index in [1.54, 1.807) is 29.7 Å². The fraction of sp³-hybridized carbons (Fsp3) is 0.375. The molecule has 7 heteroatoms. The molecule has 31 heavy (non-hydrogen) atoms. The first-order chi connectivity index (χ1) is 15.0. The minimum Gasteiger partial charge on any atom is -0.494 e. The van der Waals surface area contributed by atoms with Gasteiger partial charge in [-0.3, -0.25) is 9.59 Å². The van der Waals surface area contributed by atoms with Crippen LogP contribution in [0.1, 0.15) is 49.0 Å². The van der Waals surface area contributed by atoms with Gasteiger partial charge in [0.05, 0.1) is 23.4 Å². The second kappa shape index (κ2) is 10.9. The third-order valence-corrected chi connectivity index (χ3v) is 5.77. The molecule has 0 saturated carbocycles. The molecule has 0 bridgehead atoms. The van der Waals surface area contributed by atoms with E-state index in [1.165, 1.54) is 11.3 Å². The van der Waals surface area contributed by atoms with Crippen molar-refractivity contribution in [3.05, 3.63) is 58.4 Å². The van der Waals surface area contributed by atoms with Crippen LogP contribution in [-0.2, 0) is 16.1 Å². The lowest BCUT2D eigenvalue weighted by Gasteiger charge is -2.07. The minimum absolute atomic E-state index is 0.00357. The van der Waals surface area contributed by atoms with Gasteiger partial charge in [0.1, 0.15) is 12.3 Å². The number of carbonyl (C=O) groups is 2. The second-order valence-corrected chi connectivity index (χ2v) is 8.26. The average Bonchev–Trinajstić information content (AvgIpc) is 3.07. The Morgan fingerprint density at radius 3 is 2.71 bits per heavy atom. The van der Waals surface area contributed by atoms with Gasteiger partial charge in [0.15, 0.2) is 4.80 Å². The highest BCUT2D eigenvalue weighted by atomic mass is 32.1. The molecule has 0 N–H and O–H groups in total. The molecule has 0 saturated heterocycles. The van der Waals surface area contributed by atoms with Gasteiger partial charge < -0.3 is 14.0 Å². The van der Waals surface area contributed by atoms with E-state index in [-0.39, 0.29) is 18.4 Å². The number of ether oxygens (including phenoxy) is 2. The van der Waals surface area contributed by atoms with E-state index in [9.17, 15) is 9.59 Å². The summed E-state index contributed by atoms with van der Waals surface area (Å²) in [5, 5.41) is 0. The zero-order valence-corrected chi connectivity index (χ0v) is 19.0. The van der Waals surface area contributed by atoms with Crippen molar-refractivity contribution in [2.24, 2.45) is 4.99 Å². The number of hydrogen-bond acceptors (Lipinski definition) is 5. The standard InChI is InChI=1S/C24H28N2O4S/c1-4-6-7-13-30-19-10-8-9-18(15-19)23(28)25-24-26(16-22(27)29-5-2)20-12-11-17(3)14-21(20)31-24/h8-12,14-15H,4-7,13,16H2,1-3H3. The minimum atomic E-state index is -0.375. The van der Waals surface area contributed by atoms with Crippen LogP contribution < -0.4 is 9.54 Å². The van der Waals surface area contributed by atoms with Crippen LogP contribution in [0.2, 0.25) is 0 Å². The zero-order valence-electron chi connectivity index (χ0n) is 18.2. The average molecular weight is 441 g/mol. The van der Waals surface area contributed by atoms with Crippen molar-refractivity contribution in [3.63, 3.8) is 0 Å². The monoisotopic (exact) mass is 440 g/mol. The van der Waals surface area contributed by atoms with E-state index >= 15 is 0 Å². The fourth-order valence-electron chi connectivity index (χ4n) is 3.17. The lowest BCUT2D eigenvalue weighted by Crippen LogP contribution is -2.23. The van der Waals surface area contributed by atoms with E-state index in [0.717, 1.165) is 35.0 Å². The van der Waals surface area contributed by atoms with Crippen molar-refractivity contribution in [2.75, 3.05) is 13.2 Å². The predicted molar refractivity (Wildman–Crippen MR) is 123 cm³/mol. The Kier molecular flexibility index (Phi) is 8.00. The maximum Gasteiger partial charge on any atom is 0.326 e. The van der Waals surface area contributed by atoms with Gasteiger partial charge in [-0.1, -0.05) is 43.2 Å². The first-order valence-corrected chi connectivity index (χ1v) is 11.4. The molecule has 3 aromatic rings. The van der Waals surface area contributed by atoms with Crippen molar-refractivity contribution >= 4 is 33.4 Å². The highest BCUT2D eigenvalue weighted by Gasteiger charge is 2.13. The number of amides is 1. The highest BCUT2D eigenvalue weighted by molar-refractivity contribution is 7.16. The maximum atomic E-state index is 12.9. The van der Waals surface area contributed by atoms with E-state index in [4.69, 9.17) is 9.47 Å². The fourth-order valence-corrected chi connectivity index (χ4v) is 4.29. The first-order valence-electron chi connectivity index (χ1n) is 10.6. The molecule has 0 aliphatic carbocycles. The molecule has 1 aromatic heterocycles. The van der Waals surface area contributed by atoms with Crippen LogP contribution in [0.25, 0.3) is 10.2 Å². The molecule has 0 aliphatic heterocycles. The van der Waals surface area contributed by atoms with E-state index < -0.39 is 0 Å². The van der Waals surface area contributed by atoms with Gasteiger partial charge in [-0.05, 0) is 56.2 Å². The highest BCUT2D eigenvalue weighted by Crippen LogP contribution is 2.20. The van der Waals surface area contributed by atoms with Crippen molar-refractivity contribution < 1.29 is 19.1 Å². The largest absolute Gasteiger partial charge is 0.494 e. The van der Waals surface area contributed by atoms with Crippen LogP contribution in [0.4, 0.5) is 0 Å². The predicted octanol–water partition coefficient (Wildman–Crippen LogP) is 4.88. The summed E-state index contributed by atoms with van der Waals surface area (Å²) in [6.07, 6.45) is 3.22. The number of hydrogen-bond donors (Lipinski definition) is 0. The number of nitrogens with zero attached hydrogens (tertiary/aromatic N) is 2. The normalized spacial score (nSPS) is 11.6. The van der Waals surface area contributed by atoms with E-state index in [1.807, 2.05) is 31.2 Å². The van der Waals surface area contributed by atoms with Crippen molar-refractivity contribution in [3.8, 4) is 5.75 Å². The molecule has 1 amide bonds. The number of benzene rings is 2. The van der Waals surface area contributed by atoms with Gasteiger partial charge in [0.2, 0.25) is 0 Å². The summed E-state index contributed by atoms with van der Waals surface area (Å²) < 4.78 is 13.6. The van der Waals surface area contributed by atoms with Gasteiger partial charge >= 0.3 is 5.97 Å². The van der Waals surface area contributed by atoms with Crippen LogP contribution in [0, 0.1) is 6.92 Å². The molecule has 0 atom stereocenters. The summed E-state index contributed by atoms with van der Waals surface area (Å²) in [6, 6.07) is 13.0. The van der Waals surface area contributed by atoms with Crippen molar-refractivity contribution in [2.45, 2.75) is 46.6 Å². The summed E-state index contributed by atoms with van der Waals surface area (Å²) >= 11 is 1.38.